The van der Waals surface area contributed by atoms with E-state index in [0.29, 0.717) is 36.8 Å². The molecule has 1 aliphatic rings. The first kappa shape index (κ1) is 25.8. The van der Waals surface area contributed by atoms with E-state index >= 15 is 0 Å². The molecule has 37 heavy (non-hydrogen) atoms. The van der Waals surface area contributed by atoms with Gasteiger partial charge in [0.15, 0.2) is 6.61 Å². The highest BCUT2D eigenvalue weighted by atomic mass is 16.5. The van der Waals surface area contributed by atoms with Gasteiger partial charge in [0.05, 0.1) is 12.5 Å². The Balaban J connectivity index is 1.24. The van der Waals surface area contributed by atoms with Crippen LogP contribution in [0.4, 0.5) is 11.4 Å². The van der Waals surface area contributed by atoms with Crippen molar-refractivity contribution in [2.45, 2.75) is 26.8 Å². The smallest absolute Gasteiger partial charge is 0.262 e. The van der Waals surface area contributed by atoms with Crippen molar-refractivity contribution in [2.24, 2.45) is 5.92 Å². The molecule has 1 heterocycles. The average molecular weight is 502 g/mol. The monoisotopic (exact) mass is 501 g/mol. The van der Waals surface area contributed by atoms with Crippen LogP contribution < -0.4 is 25.0 Å². The van der Waals surface area contributed by atoms with Gasteiger partial charge in [0, 0.05) is 30.9 Å². The first-order valence-corrected chi connectivity index (χ1v) is 12.3. The molecular weight excluding hydrogens is 470 g/mol. The number of rotatable bonds is 10. The van der Waals surface area contributed by atoms with Crippen molar-refractivity contribution in [3.05, 3.63) is 83.9 Å². The van der Waals surface area contributed by atoms with Crippen molar-refractivity contribution in [1.29, 1.82) is 0 Å². The summed E-state index contributed by atoms with van der Waals surface area (Å²) >= 11 is 0. The number of carbonyl (C=O) groups excluding carboxylic acids is 3. The lowest BCUT2D eigenvalue weighted by Gasteiger charge is -2.17. The number of nitrogens with one attached hydrogen (secondary N) is 2. The minimum Gasteiger partial charge on any atom is -0.494 e. The molecule has 8 heteroatoms. The molecule has 1 atom stereocenters. The quantitative estimate of drug-likeness (QED) is 0.436. The summed E-state index contributed by atoms with van der Waals surface area (Å²) < 4.78 is 11.0. The molecule has 4 rings (SSSR count). The normalized spacial score (nSPS) is 14.8. The van der Waals surface area contributed by atoms with E-state index in [0.717, 1.165) is 16.9 Å². The second-order valence-corrected chi connectivity index (χ2v) is 8.90. The first-order valence-electron chi connectivity index (χ1n) is 12.3. The van der Waals surface area contributed by atoms with Crippen LogP contribution in [0.25, 0.3) is 0 Å². The molecule has 1 saturated heterocycles. The van der Waals surface area contributed by atoms with Crippen LogP contribution in [0, 0.1) is 12.8 Å². The summed E-state index contributed by atoms with van der Waals surface area (Å²) in [6.45, 7) is 5.10. The van der Waals surface area contributed by atoms with Crippen LogP contribution in [-0.4, -0.2) is 37.5 Å². The molecule has 3 amide bonds. The molecule has 8 nitrogen and oxygen atoms in total. The molecule has 0 radical (unpaired) electrons. The summed E-state index contributed by atoms with van der Waals surface area (Å²) in [5.74, 6) is 0.323. The number of ether oxygens (including phenoxy) is 2. The molecule has 1 fully saturated rings. The van der Waals surface area contributed by atoms with Gasteiger partial charge < -0.3 is 25.0 Å². The van der Waals surface area contributed by atoms with Gasteiger partial charge in [-0.3, -0.25) is 14.4 Å². The highest BCUT2D eigenvalue weighted by molar-refractivity contribution is 6.00. The van der Waals surface area contributed by atoms with Crippen molar-refractivity contribution in [3.63, 3.8) is 0 Å². The van der Waals surface area contributed by atoms with E-state index in [1.165, 1.54) is 0 Å². The van der Waals surface area contributed by atoms with Crippen molar-refractivity contribution >= 4 is 29.1 Å². The predicted molar refractivity (Wildman–Crippen MR) is 142 cm³/mol. The van der Waals surface area contributed by atoms with E-state index in [4.69, 9.17) is 9.47 Å². The third kappa shape index (κ3) is 7.10. The molecule has 0 aromatic heterocycles. The van der Waals surface area contributed by atoms with E-state index in [-0.39, 0.29) is 30.7 Å². The predicted octanol–water partition coefficient (Wildman–Crippen LogP) is 4.08. The molecule has 0 aliphatic carbocycles. The summed E-state index contributed by atoms with van der Waals surface area (Å²) in [7, 11) is 0. The highest BCUT2D eigenvalue weighted by Crippen LogP contribution is 2.27. The third-order valence-electron chi connectivity index (χ3n) is 6.05. The fraction of sp³-hybridized carbons (Fsp3) is 0.276. The maximum atomic E-state index is 12.6. The Labute approximate surface area is 216 Å². The fourth-order valence-electron chi connectivity index (χ4n) is 4.04. The zero-order chi connectivity index (χ0) is 26.2. The lowest BCUT2D eigenvalue weighted by Crippen LogP contribution is -2.32. The first-order chi connectivity index (χ1) is 17.9. The Morgan fingerprint density at radius 2 is 1.57 bits per heavy atom. The van der Waals surface area contributed by atoms with Crippen LogP contribution in [0.1, 0.15) is 24.5 Å². The van der Waals surface area contributed by atoms with Gasteiger partial charge in [0.1, 0.15) is 11.5 Å². The maximum absolute atomic E-state index is 12.6. The van der Waals surface area contributed by atoms with Crippen molar-refractivity contribution < 1.29 is 23.9 Å². The van der Waals surface area contributed by atoms with Crippen molar-refractivity contribution in [3.8, 4) is 11.5 Å². The molecule has 0 spiro atoms. The topological polar surface area (TPSA) is 97.0 Å². The van der Waals surface area contributed by atoms with Gasteiger partial charge in [-0.05, 0) is 67.9 Å². The van der Waals surface area contributed by atoms with Crippen molar-refractivity contribution in [2.75, 3.05) is 30.0 Å². The van der Waals surface area contributed by atoms with E-state index < -0.39 is 5.92 Å². The highest BCUT2D eigenvalue weighted by Gasteiger charge is 2.35. The number of carbonyl (C=O) groups is 3. The summed E-state index contributed by atoms with van der Waals surface area (Å²) in [6.07, 6.45) is 0.170. The molecule has 2 N–H and O–H groups in total. The minimum atomic E-state index is -0.403. The Hall–Kier alpha value is -4.33. The van der Waals surface area contributed by atoms with E-state index in [9.17, 15) is 14.4 Å². The third-order valence-corrected chi connectivity index (χ3v) is 6.05. The number of hydrogen-bond donors (Lipinski definition) is 2. The SMILES string of the molecule is CCOc1ccc(NC(=O)COc2ccc(N3C[C@H](C(=O)NCc4ccc(C)cc4)CC3=O)cc2)cc1. The summed E-state index contributed by atoms with van der Waals surface area (Å²) in [4.78, 5) is 39.0. The molecular formula is C29H31N3O5. The minimum absolute atomic E-state index is 0.0983. The van der Waals surface area contributed by atoms with E-state index in [2.05, 4.69) is 10.6 Å². The van der Waals surface area contributed by atoms with Gasteiger partial charge in [-0.15, -0.1) is 0 Å². The molecule has 0 unspecified atom stereocenters. The number of hydrogen-bond acceptors (Lipinski definition) is 5. The average Bonchev–Trinajstić information content (AvgIpc) is 3.30. The fourth-order valence-corrected chi connectivity index (χ4v) is 4.04. The van der Waals surface area contributed by atoms with Gasteiger partial charge in [0.25, 0.3) is 5.91 Å². The standard InChI is InChI=1S/C29H31N3O5/c1-3-36-25-12-8-23(9-13-25)31-27(33)19-37-26-14-10-24(11-15-26)32-18-22(16-28(32)34)29(35)30-17-21-6-4-20(2)5-7-21/h4-15,22H,3,16-19H2,1-2H3,(H,30,35)(H,31,33)/t22-/m1/s1. The van der Waals surface area contributed by atoms with Gasteiger partial charge in [0.2, 0.25) is 11.8 Å². The van der Waals surface area contributed by atoms with Gasteiger partial charge in [-0.25, -0.2) is 0 Å². The Morgan fingerprint density at radius 3 is 2.24 bits per heavy atom. The Morgan fingerprint density at radius 1 is 0.919 bits per heavy atom. The van der Waals surface area contributed by atoms with Gasteiger partial charge >= 0.3 is 0 Å². The Bertz CT molecular complexity index is 1220. The van der Waals surface area contributed by atoms with E-state index in [1.54, 1.807) is 53.4 Å². The number of nitrogens with zero attached hydrogens (tertiary/aromatic N) is 1. The summed E-state index contributed by atoms with van der Waals surface area (Å²) in [5, 5.41) is 5.70. The van der Waals surface area contributed by atoms with Crippen LogP contribution in [0.5, 0.6) is 11.5 Å². The number of anilines is 2. The number of aryl methyl sites for hydroxylation is 1. The molecule has 3 aromatic rings. The lowest BCUT2D eigenvalue weighted by atomic mass is 10.1. The molecule has 192 valence electrons. The molecule has 3 aromatic carbocycles. The maximum Gasteiger partial charge on any atom is 0.262 e. The molecule has 0 saturated carbocycles. The van der Waals surface area contributed by atoms with E-state index in [1.807, 2.05) is 38.1 Å². The van der Waals surface area contributed by atoms with Crippen LogP contribution in [0.3, 0.4) is 0 Å². The van der Waals surface area contributed by atoms with Crippen LogP contribution >= 0.6 is 0 Å². The number of amides is 3. The Kier molecular flexibility index (Phi) is 8.40. The van der Waals surface area contributed by atoms with Crippen LogP contribution in [0.2, 0.25) is 0 Å². The summed E-state index contributed by atoms with van der Waals surface area (Å²) in [6, 6.07) is 22.0. The second-order valence-electron chi connectivity index (χ2n) is 8.90. The largest absolute Gasteiger partial charge is 0.494 e. The van der Waals surface area contributed by atoms with Crippen molar-refractivity contribution in [1.82, 2.24) is 5.32 Å². The summed E-state index contributed by atoms with van der Waals surface area (Å²) in [5.41, 5.74) is 3.52. The lowest BCUT2D eigenvalue weighted by molar-refractivity contribution is -0.126. The number of benzene rings is 3. The molecule has 1 aliphatic heterocycles. The second kappa shape index (κ2) is 12.1. The van der Waals surface area contributed by atoms with Crippen LogP contribution in [-0.2, 0) is 20.9 Å². The zero-order valence-corrected chi connectivity index (χ0v) is 21.0. The molecule has 0 bridgehead atoms. The van der Waals surface area contributed by atoms with Gasteiger partial charge in [-0.1, -0.05) is 29.8 Å². The van der Waals surface area contributed by atoms with Crippen LogP contribution in [0.15, 0.2) is 72.8 Å². The zero-order valence-electron chi connectivity index (χ0n) is 21.0. The van der Waals surface area contributed by atoms with Gasteiger partial charge in [-0.2, -0.15) is 0 Å².